The maximum atomic E-state index is 11.1. The van der Waals surface area contributed by atoms with E-state index in [1.807, 2.05) is 6.26 Å². The maximum absolute atomic E-state index is 11.1. The van der Waals surface area contributed by atoms with Gasteiger partial charge in [0.1, 0.15) is 5.03 Å². The van der Waals surface area contributed by atoms with Crippen LogP contribution in [0.15, 0.2) is 11.1 Å². The van der Waals surface area contributed by atoms with Gasteiger partial charge in [-0.25, -0.2) is 14.8 Å². The third kappa shape index (κ3) is 2.57. The van der Waals surface area contributed by atoms with E-state index in [2.05, 4.69) is 14.7 Å². The van der Waals surface area contributed by atoms with E-state index in [9.17, 15) is 4.79 Å². The van der Waals surface area contributed by atoms with E-state index in [0.29, 0.717) is 5.03 Å². The minimum atomic E-state index is -0.514. The van der Waals surface area contributed by atoms with E-state index in [1.165, 1.54) is 24.9 Å². The molecule has 0 atom stereocenters. The molecule has 1 rings (SSSR count). The highest BCUT2D eigenvalue weighted by molar-refractivity contribution is 7.98. The summed E-state index contributed by atoms with van der Waals surface area (Å²) in [7, 11) is 1.29. The molecule has 0 fully saturated rings. The molecule has 0 saturated carbocycles. The van der Waals surface area contributed by atoms with Crippen LogP contribution in [0.4, 0.5) is 0 Å². The first kappa shape index (κ1) is 10.3. The number of hydrogen-bond acceptors (Lipinski definition) is 5. The molecular weight excluding hydrogens is 212 g/mol. The Morgan fingerprint density at radius 1 is 1.62 bits per heavy atom. The monoisotopic (exact) mass is 218 g/mol. The molecule has 0 unspecified atom stereocenters. The summed E-state index contributed by atoms with van der Waals surface area (Å²) in [4.78, 5) is 18.7. The summed E-state index contributed by atoms with van der Waals surface area (Å²) >= 11 is 6.97. The predicted molar refractivity (Wildman–Crippen MR) is 50.2 cm³/mol. The van der Waals surface area contributed by atoms with Crippen LogP contribution in [0.5, 0.6) is 0 Å². The average molecular weight is 219 g/mol. The van der Waals surface area contributed by atoms with Gasteiger partial charge in [0, 0.05) is 6.07 Å². The summed E-state index contributed by atoms with van der Waals surface area (Å²) in [6.45, 7) is 0. The third-order valence-corrected chi connectivity index (χ3v) is 2.08. The van der Waals surface area contributed by atoms with Crippen LogP contribution in [0.3, 0.4) is 0 Å². The van der Waals surface area contributed by atoms with Crippen molar-refractivity contribution in [2.24, 2.45) is 0 Å². The Hall–Kier alpha value is -0.810. The number of esters is 1. The molecule has 0 spiro atoms. The SMILES string of the molecule is COC(=O)c1cc(SC)nc(Cl)n1. The van der Waals surface area contributed by atoms with Crippen LogP contribution in [0.25, 0.3) is 0 Å². The topological polar surface area (TPSA) is 52.1 Å². The highest BCUT2D eigenvalue weighted by Gasteiger charge is 2.10. The number of thioether (sulfide) groups is 1. The predicted octanol–water partition coefficient (Wildman–Crippen LogP) is 1.64. The van der Waals surface area contributed by atoms with Gasteiger partial charge in [-0.1, -0.05) is 0 Å². The minimum absolute atomic E-state index is 0.0484. The molecule has 0 aliphatic heterocycles. The highest BCUT2D eigenvalue weighted by Crippen LogP contribution is 2.15. The van der Waals surface area contributed by atoms with E-state index < -0.39 is 5.97 Å². The second-order valence-corrected chi connectivity index (χ2v) is 3.22. The molecule has 0 aromatic carbocycles. The summed E-state index contributed by atoms with van der Waals surface area (Å²) in [5.41, 5.74) is 0.173. The smallest absolute Gasteiger partial charge is 0.356 e. The van der Waals surface area contributed by atoms with Crippen LogP contribution >= 0.6 is 23.4 Å². The van der Waals surface area contributed by atoms with E-state index in [4.69, 9.17) is 11.6 Å². The fourth-order valence-electron chi connectivity index (χ4n) is 0.711. The highest BCUT2D eigenvalue weighted by atomic mass is 35.5. The Labute approximate surface area is 84.7 Å². The Morgan fingerprint density at radius 2 is 2.31 bits per heavy atom. The Balaban J connectivity index is 3.08. The molecular formula is C7H7ClN2O2S. The van der Waals surface area contributed by atoms with Crippen molar-refractivity contribution >= 4 is 29.3 Å². The lowest BCUT2D eigenvalue weighted by atomic mass is 10.4. The van der Waals surface area contributed by atoms with Crippen LogP contribution in [0.1, 0.15) is 10.5 Å². The fraction of sp³-hybridized carbons (Fsp3) is 0.286. The number of halogens is 1. The molecule has 13 heavy (non-hydrogen) atoms. The molecule has 1 aromatic heterocycles. The maximum Gasteiger partial charge on any atom is 0.356 e. The minimum Gasteiger partial charge on any atom is -0.464 e. The first-order valence-electron chi connectivity index (χ1n) is 3.34. The zero-order valence-corrected chi connectivity index (χ0v) is 8.65. The lowest BCUT2D eigenvalue weighted by Crippen LogP contribution is -2.05. The van der Waals surface area contributed by atoms with Crippen molar-refractivity contribution in [1.82, 2.24) is 9.97 Å². The van der Waals surface area contributed by atoms with E-state index in [1.54, 1.807) is 0 Å². The van der Waals surface area contributed by atoms with Crippen LogP contribution in [0.2, 0.25) is 5.28 Å². The van der Waals surface area contributed by atoms with Gasteiger partial charge in [-0.2, -0.15) is 0 Å². The number of methoxy groups -OCH3 is 1. The van der Waals surface area contributed by atoms with Crippen molar-refractivity contribution < 1.29 is 9.53 Å². The molecule has 0 bridgehead atoms. The van der Waals surface area contributed by atoms with Gasteiger partial charge in [-0.15, -0.1) is 11.8 Å². The van der Waals surface area contributed by atoms with Crippen molar-refractivity contribution in [1.29, 1.82) is 0 Å². The Morgan fingerprint density at radius 3 is 2.85 bits per heavy atom. The summed E-state index contributed by atoms with van der Waals surface area (Å²) in [6.07, 6.45) is 1.83. The molecule has 70 valence electrons. The van der Waals surface area contributed by atoms with Gasteiger partial charge in [-0.3, -0.25) is 0 Å². The van der Waals surface area contributed by atoms with E-state index in [-0.39, 0.29) is 11.0 Å². The van der Waals surface area contributed by atoms with Crippen molar-refractivity contribution in [2.75, 3.05) is 13.4 Å². The number of nitrogens with zero attached hydrogens (tertiary/aromatic N) is 2. The zero-order valence-electron chi connectivity index (χ0n) is 7.07. The summed E-state index contributed by atoms with van der Waals surface area (Å²) in [5.74, 6) is -0.514. The molecule has 1 heterocycles. The fourth-order valence-corrected chi connectivity index (χ4v) is 1.35. The molecule has 4 nitrogen and oxygen atoms in total. The zero-order chi connectivity index (χ0) is 9.84. The summed E-state index contributed by atoms with van der Waals surface area (Å²) in [6, 6.07) is 1.53. The Bertz CT molecular complexity index is 332. The normalized spacial score (nSPS) is 9.77. The first-order valence-corrected chi connectivity index (χ1v) is 4.94. The van der Waals surface area contributed by atoms with Gasteiger partial charge < -0.3 is 4.74 Å². The lowest BCUT2D eigenvalue weighted by Gasteiger charge is -2.00. The molecule has 0 aliphatic carbocycles. The van der Waals surface area contributed by atoms with Gasteiger partial charge >= 0.3 is 5.97 Å². The standard InChI is InChI=1S/C7H7ClN2O2S/c1-12-6(11)4-3-5(13-2)10-7(8)9-4/h3H,1-2H3. The molecule has 0 aliphatic rings. The number of carbonyl (C=O) groups excluding carboxylic acids is 1. The average Bonchev–Trinajstić information content (AvgIpc) is 2.15. The van der Waals surface area contributed by atoms with Gasteiger partial charge in [0.2, 0.25) is 5.28 Å². The van der Waals surface area contributed by atoms with Crippen LogP contribution in [-0.4, -0.2) is 29.3 Å². The second-order valence-electron chi connectivity index (χ2n) is 2.06. The first-order chi connectivity index (χ1) is 6.17. The number of rotatable bonds is 2. The van der Waals surface area contributed by atoms with Crippen molar-refractivity contribution in [3.8, 4) is 0 Å². The number of ether oxygens (including phenoxy) is 1. The molecule has 6 heteroatoms. The van der Waals surface area contributed by atoms with Crippen LogP contribution in [-0.2, 0) is 4.74 Å². The van der Waals surface area contributed by atoms with E-state index in [0.717, 1.165) is 0 Å². The van der Waals surface area contributed by atoms with Gasteiger partial charge in [0.25, 0.3) is 0 Å². The third-order valence-electron chi connectivity index (χ3n) is 1.28. The van der Waals surface area contributed by atoms with Gasteiger partial charge in [0.05, 0.1) is 7.11 Å². The van der Waals surface area contributed by atoms with E-state index >= 15 is 0 Å². The van der Waals surface area contributed by atoms with Gasteiger partial charge in [-0.05, 0) is 17.9 Å². The van der Waals surface area contributed by atoms with Crippen molar-refractivity contribution in [3.05, 3.63) is 17.0 Å². The quantitative estimate of drug-likeness (QED) is 0.327. The molecule has 0 saturated heterocycles. The van der Waals surface area contributed by atoms with Crippen molar-refractivity contribution in [2.45, 2.75) is 5.03 Å². The lowest BCUT2D eigenvalue weighted by molar-refractivity contribution is 0.0593. The summed E-state index contributed by atoms with van der Waals surface area (Å²) in [5, 5.41) is 0.688. The van der Waals surface area contributed by atoms with Crippen molar-refractivity contribution in [3.63, 3.8) is 0 Å². The second kappa shape index (κ2) is 4.43. The number of carbonyl (C=O) groups is 1. The number of aromatic nitrogens is 2. The van der Waals surface area contributed by atoms with Gasteiger partial charge in [0.15, 0.2) is 5.69 Å². The largest absolute Gasteiger partial charge is 0.464 e. The molecule has 0 amide bonds. The number of hydrogen-bond donors (Lipinski definition) is 0. The molecule has 0 N–H and O–H groups in total. The van der Waals surface area contributed by atoms with Crippen LogP contribution in [0, 0.1) is 0 Å². The molecule has 0 radical (unpaired) electrons. The molecule has 1 aromatic rings. The summed E-state index contributed by atoms with van der Waals surface area (Å²) < 4.78 is 4.49. The Kier molecular flexibility index (Phi) is 3.50. The van der Waals surface area contributed by atoms with Crippen LogP contribution < -0.4 is 0 Å².